The van der Waals surface area contributed by atoms with Gasteiger partial charge in [-0.3, -0.25) is 0 Å². The normalized spacial score (nSPS) is 28.3. The Morgan fingerprint density at radius 1 is 1.05 bits per heavy atom. The standard InChI is InChI=1S/C18H19BNO/c1-3-8-15(9-4-1)14-18(16-10-5-2-6-11-16)17-12-7-13-20(17)19-21-18/h1-6,8-11,17H,7,12-14H2. The maximum Gasteiger partial charge on any atom is 0.399 e. The first-order chi connectivity index (χ1) is 10.4. The maximum absolute atomic E-state index is 6.30. The van der Waals surface area contributed by atoms with Crippen LogP contribution in [0.2, 0.25) is 0 Å². The van der Waals surface area contributed by atoms with Crippen molar-refractivity contribution < 1.29 is 4.65 Å². The van der Waals surface area contributed by atoms with Crippen molar-refractivity contribution in [3.8, 4) is 0 Å². The molecule has 2 aliphatic heterocycles. The molecule has 2 atom stereocenters. The first-order valence-corrected chi connectivity index (χ1v) is 7.75. The van der Waals surface area contributed by atoms with Gasteiger partial charge in [0.25, 0.3) is 0 Å². The second kappa shape index (κ2) is 5.32. The van der Waals surface area contributed by atoms with Gasteiger partial charge in [-0.2, -0.15) is 0 Å². The lowest BCUT2D eigenvalue weighted by molar-refractivity contribution is 0.0626. The fourth-order valence-corrected chi connectivity index (χ4v) is 3.80. The molecule has 4 rings (SSSR count). The number of fused-ring (bicyclic) bond motifs is 1. The molecule has 105 valence electrons. The summed E-state index contributed by atoms with van der Waals surface area (Å²) >= 11 is 0. The second-order valence-electron chi connectivity index (χ2n) is 6.04. The summed E-state index contributed by atoms with van der Waals surface area (Å²) < 4.78 is 6.30. The molecule has 0 amide bonds. The van der Waals surface area contributed by atoms with Crippen molar-refractivity contribution in [2.45, 2.75) is 30.9 Å². The number of hydrogen-bond donors (Lipinski definition) is 0. The summed E-state index contributed by atoms with van der Waals surface area (Å²) in [6.45, 7) is 1.12. The molecule has 1 radical (unpaired) electrons. The summed E-state index contributed by atoms with van der Waals surface area (Å²) in [5.74, 6) is 0. The first kappa shape index (κ1) is 13.1. The predicted octanol–water partition coefficient (Wildman–Crippen LogP) is 3.15. The number of hydrogen-bond acceptors (Lipinski definition) is 2. The summed E-state index contributed by atoms with van der Waals surface area (Å²) in [6, 6.07) is 21.9. The summed E-state index contributed by atoms with van der Waals surface area (Å²) in [5.41, 5.74) is 2.39. The predicted molar refractivity (Wildman–Crippen MR) is 84.8 cm³/mol. The molecule has 2 fully saturated rings. The van der Waals surface area contributed by atoms with Crippen molar-refractivity contribution in [2.24, 2.45) is 0 Å². The molecule has 3 heteroatoms. The van der Waals surface area contributed by atoms with Gasteiger partial charge in [0.05, 0.1) is 5.60 Å². The number of benzene rings is 2. The van der Waals surface area contributed by atoms with Gasteiger partial charge in [-0.05, 0) is 30.5 Å². The molecule has 0 aliphatic carbocycles. The minimum atomic E-state index is -0.237. The van der Waals surface area contributed by atoms with Crippen molar-refractivity contribution in [3.05, 3.63) is 71.8 Å². The Labute approximate surface area is 127 Å². The maximum atomic E-state index is 6.30. The fraction of sp³-hybridized carbons (Fsp3) is 0.333. The van der Waals surface area contributed by atoms with Crippen LogP contribution in [0.25, 0.3) is 0 Å². The van der Waals surface area contributed by atoms with E-state index in [2.05, 4.69) is 65.5 Å². The molecule has 0 aromatic heterocycles. The highest BCUT2D eigenvalue weighted by Crippen LogP contribution is 2.44. The molecule has 2 aromatic carbocycles. The minimum absolute atomic E-state index is 0.237. The van der Waals surface area contributed by atoms with Gasteiger partial charge >= 0.3 is 7.62 Å². The van der Waals surface area contributed by atoms with E-state index in [1.807, 2.05) is 7.62 Å². The van der Waals surface area contributed by atoms with E-state index >= 15 is 0 Å². The summed E-state index contributed by atoms with van der Waals surface area (Å²) in [4.78, 5) is 2.38. The number of rotatable bonds is 3. The van der Waals surface area contributed by atoms with E-state index in [0.29, 0.717) is 6.04 Å². The van der Waals surface area contributed by atoms with Crippen molar-refractivity contribution >= 4 is 7.62 Å². The topological polar surface area (TPSA) is 12.5 Å². The molecule has 0 N–H and O–H groups in total. The zero-order chi connectivity index (χ0) is 14.1. The van der Waals surface area contributed by atoms with Crippen LogP contribution in [0.4, 0.5) is 0 Å². The molecule has 2 saturated heterocycles. The van der Waals surface area contributed by atoms with Crippen molar-refractivity contribution in [1.82, 2.24) is 4.81 Å². The van der Waals surface area contributed by atoms with Gasteiger partial charge in [0, 0.05) is 12.5 Å². The van der Waals surface area contributed by atoms with E-state index in [-0.39, 0.29) is 5.60 Å². The molecule has 2 heterocycles. The average molecular weight is 276 g/mol. The largest absolute Gasteiger partial charge is 0.412 e. The average Bonchev–Trinajstić information content (AvgIpc) is 3.14. The van der Waals surface area contributed by atoms with Crippen LogP contribution in [0, 0.1) is 0 Å². The molecule has 2 unspecified atom stereocenters. The van der Waals surface area contributed by atoms with E-state index < -0.39 is 0 Å². The van der Waals surface area contributed by atoms with Crippen LogP contribution in [0.5, 0.6) is 0 Å². The molecular weight excluding hydrogens is 257 g/mol. The zero-order valence-corrected chi connectivity index (χ0v) is 12.1. The fourth-order valence-electron chi connectivity index (χ4n) is 3.80. The third kappa shape index (κ3) is 2.21. The van der Waals surface area contributed by atoms with E-state index in [9.17, 15) is 0 Å². The molecule has 2 aliphatic rings. The summed E-state index contributed by atoms with van der Waals surface area (Å²) in [5, 5.41) is 0. The third-order valence-corrected chi connectivity index (χ3v) is 4.80. The second-order valence-corrected chi connectivity index (χ2v) is 6.04. The third-order valence-electron chi connectivity index (χ3n) is 4.80. The Hall–Kier alpha value is -1.58. The van der Waals surface area contributed by atoms with Crippen LogP contribution in [0.1, 0.15) is 24.0 Å². The van der Waals surface area contributed by atoms with Crippen LogP contribution in [0.3, 0.4) is 0 Å². The van der Waals surface area contributed by atoms with Gasteiger partial charge in [-0.15, -0.1) is 0 Å². The Morgan fingerprint density at radius 2 is 1.76 bits per heavy atom. The monoisotopic (exact) mass is 276 g/mol. The molecule has 2 nitrogen and oxygen atoms in total. The molecule has 2 aromatic rings. The van der Waals surface area contributed by atoms with Crippen molar-refractivity contribution in [2.75, 3.05) is 6.54 Å². The van der Waals surface area contributed by atoms with E-state index in [1.54, 1.807) is 0 Å². The van der Waals surface area contributed by atoms with E-state index in [4.69, 9.17) is 4.65 Å². The van der Waals surface area contributed by atoms with Gasteiger partial charge in [-0.1, -0.05) is 60.7 Å². The lowest BCUT2D eigenvalue weighted by atomic mass is 9.80. The van der Waals surface area contributed by atoms with Gasteiger partial charge in [0.1, 0.15) is 0 Å². The zero-order valence-electron chi connectivity index (χ0n) is 12.1. The first-order valence-electron chi connectivity index (χ1n) is 7.75. The molecule has 0 saturated carbocycles. The SMILES string of the molecule is [B]1OC(Cc2ccccc2)(c2ccccc2)C2CCCN12. The molecular formula is C18H19BNO. The quantitative estimate of drug-likeness (QED) is 0.798. The Balaban J connectivity index is 1.76. The van der Waals surface area contributed by atoms with Crippen LogP contribution >= 0.6 is 0 Å². The number of nitrogens with zero attached hydrogens (tertiary/aromatic N) is 1. The molecule has 0 spiro atoms. The minimum Gasteiger partial charge on any atom is -0.412 e. The van der Waals surface area contributed by atoms with Gasteiger partial charge in [0.2, 0.25) is 0 Å². The Kier molecular flexibility index (Phi) is 3.32. The Bertz CT molecular complexity index is 603. The highest BCUT2D eigenvalue weighted by molar-refractivity contribution is 6.25. The highest BCUT2D eigenvalue weighted by Gasteiger charge is 2.51. The smallest absolute Gasteiger partial charge is 0.399 e. The Morgan fingerprint density at radius 3 is 2.52 bits per heavy atom. The van der Waals surface area contributed by atoms with Crippen molar-refractivity contribution in [1.29, 1.82) is 0 Å². The summed E-state index contributed by atoms with van der Waals surface area (Å²) in [6.07, 6.45) is 3.39. The lowest BCUT2D eigenvalue weighted by Gasteiger charge is -2.36. The van der Waals surface area contributed by atoms with Gasteiger partial charge < -0.3 is 9.47 Å². The van der Waals surface area contributed by atoms with Crippen LogP contribution in [-0.4, -0.2) is 25.0 Å². The van der Waals surface area contributed by atoms with E-state index in [1.165, 1.54) is 24.0 Å². The highest BCUT2D eigenvalue weighted by atomic mass is 16.5. The van der Waals surface area contributed by atoms with E-state index in [0.717, 1.165) is 13.0 Å². The lowest BCUT2D eigenvalue weighted by Crippen LogP contribution is -2.41. The molecule has 0 bridgehead atoms. The van der Waals surface area contributed by atoms with Gasteiger partial charge in [-0.25, -0.2) is 0 Å². The van der Waals surface area contributed by atoms with Crippen molar-refractivity contribution in [3.63, 3.8) is 0 Å². The molecule has 21 heavy (non-hydrogen) atoms. The van der Waals surface area contributed by atoms with Crippen LogP contribution in [0.15, 0.2) is 60.7 Å². The van der Waals surface area contributed by atoms with Crippen LogP contribution in [-0.2, 0) is 16.7 Å². The summed E-state index contributed by atoms with van der Waals surface area (Å²) in [7, 11) is 1.97. The van der Waals surface area contributed by atoms with Gasteiger partial charge in [0.15, 0.2) is 0 Å². The van der Waals surface area contributed by atoms with Crippen LogP contribution < -0.4 is 0 Å².